The normalized spacial score (nSPS) is 22.0. The second-order valence-corrected chi connectivity index (χ2v) is 10.7. The van der Waals surface area contributed by atoms with E-state index in [9.17, 15) is 17.6 Å². The molecule has 1 N–H and O–H groups in total. The Hall–Kier alpha value is -2.39. The molecule has 0 aliphatic carbocycles. The molecule has 2 aliphatic rings. The maximum atomic E-state index is 14.5. The minimum Gasteiger partial charge on any atom is -0.325 e. The number of aryl methyl sites for hydroxylation is 2. The third kappa shape index (κ3) is 4.22. The average molecular weight is 448 g/mol. The summed E-state index contributed by atoms with van der Waals surface area (Å²) in [5.41, 5.74) is 3.11. The molecular weight excluding hydrogens is 425 g/mol. The van der Waals surface area contributed by atoms with E-state index in [-0.39, 0.29) is 28.9 Å². The molecule has 1 saturated heterocycles. The first-order valence-electron chi connectivity index (χ1n) is 9.55. The Labute approximate surface area is 179 Å². The van der Waals surface area contributed by atoms with Gasteiger partial charge in [-0.3, -0.25) is 9.79 Å². The number of fused-ring (bicyclic) bond motifs is 1. The largest absolute Gasteiger partial charge is 0.325 e. The van der Waals surface area contributed by atoms with Gasteiger partial charge in [-0.25, -0.2) is 12.8 Å². The highest BCUT2D eigenvalue weighted by atomic mass is 32.2. The summed E-state index contributed by atoms with van der Waals surface area (Å²) in [6.07, 6.45) is 0. The Morgan fingerprint density at radius 3 is 2.73 bits per heavy atom. The van der Waals surface area contributed by atoms with Gasteiger partial charge in [0, 0.05) is 5.69 Å². The van der Waals surface area contributed by atoms with Gasteiger partial charge in [-0.15, -0.1) is 0 Å². The highest BCUT2D eigenvalue weighted by Crippen LogP contribution is 2.36. The number of anilines is 2. The number of carbonyl (C=O) groups excluding carboxylic acids is 1. The molecule has 0 radical (unpaired) electrons. The van der Waals surface area contributed by atoms with Gasteiger partial charge < -0.3 is 10.2 Å². The highest BCUT2D eigenvalue weighted by Gasteiger charge is 2.47. The second kappa shape index (κ2) is 8.03. The van der Waals surface area contributed by atoms with Gasteiger partial charge >= 0.3 is 0 Å². The third-order valence-electron chi connectivity index (χ3n) is 5.21. The van der Waals surface area contributed by atoms with E-state index in [2.05, 4.69) is 10.3 Å². The van der Waals surface area contributed by atoms with Gasteiger partial charge in [0.25, 0.3) is 0 Å². The number of aliphatic imine (C=N–C) groups is 1. The molecule has 30 heavy (non-hydrogen) atoms. The zero-order chi connectivity index (χ0) is 21.5. The number of para-hydroxylation sites is 1. The molecule has 2 aromatic carbocycles. The molecule has 2 aromatic rings. The van der Waals surface area contributed by atoms with Gasteiger partial charge in [0.15, 0.2) is 15.0 Å². The van der Waals surface area contributed by atoms with E-state index in [1.54, 1.807) is 23.1 Å². The molecule has 0 saturated carbocycles. The van der Waals surface area contributed by atoms with Crippen molar-refractivity contribution >= 4 is 44.0 Å². The number of hydrogen-bond donors (Lipinski definition) is 1. The molecule has 6 nitrogen and oxygen atoms in total. The zero-order valence-electron chi connectivity index (χ0n) is 16.6. The molecule has 0 spiro atoms. The fourth-order valence-electron chi connectivity index (χ4n) is 3.83. The molecule has 2 atom stereocenters. The number of sulfone groups is 1. The SMILES string of the molecule is Cc1ccc(NC(=O)CSC2=NC3CS(=O)(=O)CC3N2c2ccccc2F)c(C)c1. The second-order valence-electron chi connectivity index (χ2n) is 7.60. The van der Waals surface area contributed by atoms with Crippen LogP contribution in [0.25, 0.3) is 0 Å². The first-order valence-corrected chi connectivity index (χ1v) is 12.4. The number of hydrogen-bond acceptors (Lipinski definition) is 6. The predicted octanol–water partition coefficient (Wildman–Crippen LogP) is 3.16. The van der Waals surface area contributed by atoms with E-state index < -0.39 is 27.7 Å². The molecule has 1 fully saturated rings. The van der Waals surface area contributed by atoms with E-state index in [4.69, 9.17) is 0 Å². The van der Waals surface area contributed by atoms with Crippen molar-refractivity contribution in [3.8, 4) is 0 Å². The van der Waals surface area contributed by atoms with Crippen LogP contribution in [-0.2, 0) is 14.6 Å². The summed E-state index contributed by atoms with van der Waals surface area (Å²) in [6.45, 7) is 3.92. The van der Waals surface area contributed by atoms with E-state index >= 15 is 0 Å². The van der Waals surface area contributed by atoms with Gasteiger partial charge in [-0.2, -0.15) is 0 Å². The zero-order valence-corrected chi connectivity index (χ0v) is 18.3. The summed E-state index contributed by atoms with van der Waals surface area (Å²) in [5.74, 6) is -0.692. The Bertz CT molecular complexity index is 1130. The molecule has 158 valence electrons. The monoisotopic (exact) mass is 447 g/mol. The van der Waals surface area contributed by atoms with Crippen LogP contribution in [0.3, 0.4) is 0 Å². The molecule has 0 bridgehead atoms. The number of amides is 1. The summed E-state index contributed by atoms with van der Waals surface area (Å²) in [4.78, 5) is 18.7. The van der Waals surface area contributed by atoms with Gasteiger partial charge in [0.05, 0.1) is 35.0 Å². The predicted molar refractivity (Wildman–Crippen MR) is 120 cm³/mol. The molecular formula is C21H22FN3O3S2. The van der Waals surface area contributed by atoms with Crippen LogP contribution in [0.4, 0.5) is 15.8 Å². The van der Waals surface area contributed by atoms with E-state index in [1.165, 1.54) is 17.8 Å². The van der Waals surface area contributed by atoms with Gasteiger partial charge in [0.1, 0.15) is 5.82 Å². The summed E-state index contributed by atoms with van der Waals surface area (Å²) in [6, 6.07) is 11.1. The summed E-state index contributed by atoms with van der Waals surface area (Å²) < 4.78 is 38.6. The van der Waals surface area contributed by atoms with E-state index in [1.807, 2.05) is 32.0 Å². The lowest BCUT2D eigenvalue weighted by molar-refractivity contribution is -0.113. The van der Waals surface area contributed by atoms with Crippen LogP contribution in [-0.4, -0.2) is 48.8 Å². The van der Waals surface area contributed by atoms with Gasteiger partial charge in [-0.05, 0) is 37.6 Å². The summed E-state index contributed by atoms with van der Waals surface area (Å²) in [7, 11) is -3.22. The van der Waals surface area contributed by atoms with Crippen LogP contribution in [0.15, 0.2) is 47.5 Å². The molecule has 2 unspecified atom stereocenters. The molecule has 0 aromatic heterocycles. The molecule has 2 heterocycles. The van der Waals surface area contributed by atoms with Crippen LogP contribution < -0.4 is 10.2 Å². The number of halogens is 1. The maximum Gasteiger partial charge on any atom is 0.234 e. The van der Waals surface area contributed by atoms with E-state index in [0.29, 0.717) is 5.17 Å². The lowest BCUT2D eigenvalue weighted by atomic mass is 10.1. The Kier molecular flexibility index (Phi) is 5.59. The minimum atomic E-state index is -3.22. The van der Waals surface area contributed by atoms with Crippen LogP contribution in [0, 0.1) is 19.7 Å². The number of nitrogens with one attached hydrogen (secondary N) is 1. The topological polar surface area (TPSA) is 78.8 Å². The van der Waals surface area contributed by atoms with E-state index in [0.717, 1.165) is 16.8 Å². The quantitative estimate of drug-likeness (QED) is 0.779. The van der Waals surface area contributed by atoms with Crippen molar-refractivity contribution in [2.75, 3.05) is 27.5 Å². The molecule has 9 heteroatoms. The van der Waals surface area contributed by atoms with Crippen LogP contribution >= 0.6 is 11.8 Å². The Balaban J connectivity index is 1.52. The first-order chi connectivity index (χ1) is 14.2. The summed E-state index contributed by atoms with van der Waals surface area (Å²) in [5, 5.41) is 3.36. The first kappa shape index (κ1) is 20.9. The van der Waals surface area contributed by atoms with Crippen LogP contribution in [0.5, 0.6) is 0 Å². The number of rotatable bonds is 4. The fourth-order valence-corrected chi connectivity index (χ4v) is 6.59. The number of thioether (sulfide) groups is 1. The van der Waals surface area contributed by atoms with Crippen molar-refractivity contribution in [3.63, 3.8) is 0 Å². The highest BCUT2D eigenvalue weighted by molar-refractivity contribution is 8.14. The molecule has 1 amide bonds. The van der Waals surface area contributed by atoms with Crippen molar-refractivity contribution in [3.05, 3.63) is 59.4 Å². The van der Waals surface area contributed by atoms with Gasteiger partial charge in [0.2, 0.25) is 5.91 Å². The van der Waals surface area contributed by atoms with Crippen molar-refractivity contribution in [1.82, 2.24) is 0 Å². The van der Waals surface area contributed by atoms with Crippen molar-refractivity contribution < 1.29 is 17.6 Å². The van der Waals surface area contributed by atoms with Crippen LogP contribution in [0.1, 0.15) is 11.1 Å². The number of carbonyl (C=O) groups is 1. The third-order valence-corrected chi connectivity index (χ3v) is 7.87. The lowest BCUT2D eigenvalue weighted by Gasteiger charge is -2.26. The Morgan fingerprint density at radius 2 is 2.00 bits per heavy atom. The number of benzene rings is 2. The lowest BCUT2D eigenvalue weighted by Crippen LogP contribution is -2.40. The average Bonchev–Trinajstić information content (AvgIpc) is 3.14. The van der Waals surface area contributed by atoms with Crippen molar-refractivity contribution in [1.29, 1.82) is 0 Å². The number of nitrogens with zero attached hydrogens (tertiary/aromatic N) is 2. The summed E-state index contributed by atoms with van der Waals surface area (Å²) >= 11 is 1.19. The maximum absolute atomic E-state index is 14.5. The smallest absolute Gasteiger partial charge is 0.234 e. The van der Waals surface area contributed by atoms with Gasteiger partial charge in [-0.1, -0.05) is 41.6 Å². The van der Waals surface area contributed by atoms with Crippen LogP contribution in [0.2, 0.25) is 0 Å². The Morgan fingerprint density at radius 1 is 1.23 bits per heavy atom. The standard InChI is InChI=1S/C21H22FN3O3S2/c1-13-7-8-16(14(2)9-13)23-20(26)10-29-21-24-17-11-30(27,28)12-19(17)25(21)18-6-4-3-5-15(18)22/h3-9,17,19H,10-12H2,1-2H3,(H,23,26). The molecule has 2 aliphatic heterocycles. The van der Waals surface area contributed by atoms with Crippen molar-refractivity contribution in [2.24, 2.45) is 4.99 Å². The molecule has 4 rings (SSSR count). The number of amidine groups is 1. The minimum absolute atomic E-state index is 0.0541. The van der Waals surface area contributed by atoms with Crippen molar-refractivity contribution in [2.45, 2.75) is 25.9 Å². The fraction of sp³-hybridized carbons (Fsp3) is 0.333.